The first-order valence-electron chi connectivity index (χ1n) is 7.66. The molecule has 0 aromatic carbocycles. The van der Waals surface area contributed by atoms with Gasteiger partial charge < -0.3 is 4.90 Å². The number of hydrazone groups is 1. The molecule has 7 heteroatoms. The van der Waals surface area contributed by atoms with Crippen LogP contribution in [0.25, 0.3) is 0 Å². The highest BCUT2D eigenvalue weighted by Gasteiger charge is 2.46. The third kappa shape index (κ3) is 2.66. The van der Waals surface area contributed by atoms with Crippen molar-refractivity contribution in [2.45, 2.75) is 18.7 Å². The summed E-state index contributed by atoms with van der Waals surface area (Å²) in [4.78, 5) is 22.4. The van der Waals surface area contributed by atoms with Gasteiger partial charge in [-0.2, -0.15) is 10.1 Å². The van der Waals surface area contributed by atoms with E-state index in [4.69, 9.17) is 4.99 Å². The Balaban J connectivity index is 1.62. The van der Waals surface area contributed by atoms with Crippen molar-refractivity contribution in [2.75, 3.05) is 20.1 Å². The number of hydrogen-bond donors (Lipinski definition) is 0. The van der Waals surface area contributed by atoms with Gasteiger partial charge in [-0.15, -0.1) is 23.1 Å². The van der Waals surface area contributed by atoms with E-state index >= 15 is 0 Å². The van der Waals surface area contributed by atoms with E-state index in [0.717, 1.165) is 24.4 Å². The van der Waals surface area contributed by atoms with E-state index in [1.165, 1.54) is 15.5 Å². The predicted octanol–water partition coefficient (Wildman–Crippen LogP) is 2.62. The van der Waals surface area contributed by atoms with Crippen LogP contribution >= 0.6 is 23.1 Å². The number of carbonyl (C=O) groups is 1. The van der Waals surface area contributed by atoms with Gasteiger partial charge in [0, 0.05) is 22.9 Å². The molecule has 0 radical (unpaired) electrons. The second kappa shape index (κ2) is 5.89. The Labute approximate surface area is 143 Å². The number of thiophene rings is 1. The number of thioether (sulfide) groups is 1. The Morgan fingerprint density at radius 1 is 1.48 bits per heavy atom. The Hall–Kier alpha value is -1.44. The van der Waals surface area contributed by atoms with Gasteiger partial charge in [-0.1, -0.05) is 6.07 Å². The van der Waals surface area contributed by atoms with Gasteiger partial charge in [0.05, 0.1) is 12.1 Å². The first-order valence-corrected chi connectivity index (χ1v) is 9.42. The van der Waals surface area contributed by atoms with Crippen molar-refractivity contribution < 1.29 is 4.79 Å². The molecule has 1 aromatic rings. The van der Waals surface area contributed by atoms with Crippen LogP contribution in [0.15, 0.2) is 38.1 Å². The summed E-state index contributed by atoms with van der Waals surface area (Å²) in [7, 11) is 2.13. The van der Waals surface area contributed by atoms with E-state index in [9.17, 15) is 4.79 Å². The maximum absolute atomic E-state index is 13.0. The normalized spacial score (nSPS) is 28.3. The van der Waals surface area contributed by atoms with Gasteiger partial charge in [0.2, 0.25) is 0 Å². The number of amidine groups is 1. The Morgan fingerprint density at radius 3 is 3.13 bits per heavy atom. The summed E-state index contributed by atoms with van der Waals surface area (Å²) in [5.74, 6) is 0.620. The van der Waals surface area contributed by atoms with Crippen LogP contribution in [0.5, 0.6) is 0 Å². The minimum Gasteiger partial charge on any atom is -0.301 e. The number of carbonyl (C=O) groups excluding carboxylic acids is 1. The molecule has 4 heterocycles. The molecular formula is C16H18N4OS2. The fourth-order valence-electron chi connectivity index (χ4n) is 3.23. The highest BCUT2D eigenvalue weighted by atomic mass is 32.2. The summed E-state index contributed by atoms with van der Waals surface area (Å²) in [5, 5.41) is 7.88. The smallest absolute Gasteiger partial charge is 0.258 e. The summed E-state index contributed by atoms with van der Waals surface area (Å²) in [5.41, 5.74) is 1.29. The molecule has 0 saturated carbocycles. The van der Waals surface area contributed by atoms with E-state index in [1.807, 2.05) is 24.4 Å². The highest BCUT2D eigenvalue weighted by molar-refractivity contribution is 8.04. The number of nitrogens with zero attached hydrogens (tertiary/aromatic N) is 4. The summed E-state index contributed by atoms with van der Waals surface area (Å²) in [6.07, 6.45) is 2.71. The minimum atomic E-state index is -0.132. The number of rotatable bonds is 2. The maximum Gasteiger partial charge on any atom is 0.258 e. The summed E-state index contributed by atoms with van der Waals surface area (Å²) in [6, 6.07) is 3.96. The first kappa shape index (κ1) is 15.1. The van der Waals surface area contributed by atoms with Crippen LogP contribution in [0.4, 0.5) is 0 Å². The lowest BCUT2D eigenvalue weighted by Gasteiger charge is -2.30. The minimum absolute atomic E-state index is 0.00666. The standard InChI is InChI=1S/C16H18N4OS2/c1-10-18-15-14(12-5-6-19(2)9-13(12)23-15)16(21)20(10)17-8-11-4-3-7-22-11/h3-4,7-8,14-15H,5-6,9H2,1-2H3/b17-8+. The van der Waals surface area contributed by atoms with Gasteiger partial charge in [-0.05, 0) is 37.4 Å². The Morgan fingerprint density at radius 2 is 2.35 bits per heavy atom. The van der Waals surface area contributed by atoms with E-state index in [1.54, 1.807) is 29.3 Å². The Bertz CT molecular complexity index is 722. The van der Waals surface area contributed by atoms with Gasteiger partial charge in [-0.25, -0.2) is 0 Å². The van der Waals surface area contributed by atoms with Gasteiger partial charge in [0.1, 0.15) is 11.2 Å². The molecule has 4 rings (SSSR count). The van der Waals surface area contributed by atoms with Crippen LogP contribution in [0.2, 0.25) is 0 Å². The van der Waals surface area contributed by atoms with Crippen LogP contribution in [-0.4, -0.2) is 53.4 Å². The van der Waals surface area contributed by atoms with E-state index in [2.05, 4.69) is 17.0 Å². The van der Waals surface area contributed by atoms with E-state index < -0.39 is 0 Å². The predicted molar refractivity (Wildman–Crippen MR) is 95.9 cm³/mol. The molecular weight excluding hydrogens is 328 g/mol. The topological polar surface area (TPSA) is 48.3 Å². The summed E-state index contributed by atoms with van der Waals surface area (Å²) < 4.78 is 0. The molecule has 120 valence electrons. The van der Waals surface area contributed by atoms with Gasteiger partial charge in [0.15, 0.2) is 0 Å². The molecule has 23 heavy (non-hydrogen) atoms. The first-order chi connectivity index (χ1) is 11.1. The summed E-state index contributed by atoms with van der Waals surface area (Å²) in [6.45, 7) is 3.81. The van der Waals surface area contributed by atoms with Crippen LogP contribution in [0.1, 0.15) is 18.2 Å². The molecule has 0 saturated heterocycles. The molecule has 0 fully saturated rings. The van der Waals surface area contributed by atoms with Crippen molar-refractivity contribution in [1.82, 2.24) is 9.91 Å². The molecule has 0 spiro atoms. The monoisotopic (exact) mass is 346 g/mol. The zero-order valence-corrected chi connectivity index (χ0v) is 14.7. The molecule has 3 aliphatic heterocycles. The fourth-order valence-corrected chi connectivity index (χ4v) is 5.39. The Kier molecular flexibility index (Phi) is 3.87. The van der Waals surface area contributed by atoms with Gasteiger partial charge in [0.25, 0.3) is 5.91 Å². The van der Waals surface area contributed by atoms with Crippen LogP contribution in [-0.2, 0) is 4.79 Å². The van der Waals surface area contributed by atoms with Crippen molar-refractivity contribution in [3.63, 3.8) is 0 Å². The molecule has 2 unspecified atom stereocenters. The molecule has 1 aromatic heterocycles. The number of likely N-dealkylation sites (N-methyl/N-ethyl adjacent to an activating group) is 1. The van der Waals surface area contributed by atoms with Crippen molar-refractivity contribution in [3.8, 4) is 0 Å². The number of fused-ring (bicyclic) bond motifs is 2. The zero-order valence-electron chi connectivity index (χ0n) is 13.1. The van der Waals surface area contributed by atoms with Gasteiger partial charge >= 0.3 is 0 Å². The number of hydrogen-bond acceptors (Lipinski definition) is 6. The van der Waals surface area contributed by atoms with Gasteiger partial charge in [-0.3, -0.25) is 9.79 Å². The molecule has 0 bridgehead atoms. The molecule has 0 aliphatic carbocycles. The lowest BCUT2D eigenvalue weighted by atomic mass is 9.91. The SMILES string of the molecule is CC1=NC2SC3=C(CCN(C)C3)C2C(=O)N1/N=C/c1cccs1. The van der Waals surface area contributed by atoms with Crippen LogP contribution in [0, 0.1) is 5.92 Å². The van der Waals surface area contributed by atoms with E-state index in [-0.39, 0.29) is 17.2 Å². The van der Waals surface area contributed by atoms with Crippen LogP contribution in [0.3, 0.4) is 0 Å². The largest absolute Gasteiger partial charge is 0.301 e. The lowest BCUT2D eigenvalue weighted by Crippen LogP contribution is -2.44. The second-order valence-corrected chi connectivity index (χ2v) is 8.20. The van der Waals surface area contributed by atoms with E-state index in [0.29, 0.717) is 5.84 Å². The molecule has 1 amide bonds. The molecule has 2 atom stereocenters. The van der Waals surface area contributed by atoms with Crippen molar-refractivity contribution >= 4 is 41.1 Å². The maximum atomic E-state index is 13.0. The third-order valence-electron chi connectivity index (χ3n) is 4.40. The summed E-state index contributed by atoms with van der Waals surface area (Å²) >= 11 is 3.37. The number of amides is 1. The number of aliphatic imine (C=N–C) groups is 1. The van der Waals surface area contributed by atoms with Crippen LogP contribution < -0.4 is 0 Å². The zero-order chi connectivity index (χ0) is 16.0. The van der Waals surface area contributed by atoms with Crippen molar-refractivity contribution in [3.05, 3.63) is 32.9 Å². The lowest BCUT2D eigenvalue weighted by molar-refractivity contribution is -0.131. The molecule has 0 N–H and O–H groups in total. The third-order valence-corrected chi connectivity index (χ3v) is 6.50. The molecule has 5 nitrogen and oxygen atoms in total. The van der Waals surface area contributed by atoms with Crippen molar-refractivity contribution in [1.29, 1.82) is 0 Å². The quantitative estimate of drug-likeness (QED) is 0.774. The average molecular weight is 346 g/mol. The highest BCUT2D eigenvalue weighted by Crippen LogP contribution is 2.48. The second-order valence-electron chi connectivity index (χ2n) is 6.01. The fraction of sp³-hybridized carbons (Fsp3) is 0.438. The molecule has 3 aliphatic rings. The average Bonchev–Trinajstić information content (AvgIpc) is 3.13. The van der Waals surface area contributed by atoms with Crippen molar-refractivity contribution in [2.24, 2.45) is 16.0 Å².